The molecule has 0 aliphatic rings. The normalized spacial score (nSPS) is 12.1. The molecule has 3 aromatic carbocycles. The number of H-pyrrole nitrogens is 2. The molecule has 4 aromatic rings. The Kier molecular flexibility index (Phi) is 10.5. The average Bonchev–Trinajstić information content (AvgIpc) is 2.97. The predicted octanol–water partition coefficient (Wildman–Crippen LogP) is 2.41. The van der Waals surface area contributed by atoms with Crippen LogP contribution in [-0.4, -0.2) is 54.6 Å². The number of aryl methyl sites for hydroxylation is 1. The molecule has 8 heteroatoms. The Balaban J connectivity index is 1.37. The first-order chi connectivity index (χ1) is 19.9. The molecule has 0 saturated heterocycles. The molecule has 212 valence electrons. The maximum Gasteiger partial charge on any atom is 0.272 e. The van der Waals surface area contributed by atoms with E-state index in [4.69, 9.17) is 4.74 Å². The molecule has 1 aromatic heterocycles. The van der Waals surface area contributed by atoms with Gasteiger partial charge in [0.25, 0.3) is 17.0 Å². The van der Waals surface area contributed by atoms with E-state index in [0.29, 0.717) is 24.3 Å². The number of nitrogens with one attached hydrogen (secondary N) is 3. The van der Waals surface area contributed by atoms with Gasteiger partial charge in [0.05, 0.1) is 6.61 Å². The highest BCUT2D eigenvalue weighted by atomic mass is 16.5. The number of amides is 1. The van der Waals surface area contributed by atoms with Gasteiger partial charge in [-0.05, 0) is 86.5 Å². The zero-order chi connectivity index (χ0) is 29.0. The lowest BCUT2D eigenvalue weighted by Crippen LogP contribution is -2.46. The highest BCUT2D eigenvalue weighted by molar-refractivity contribution is 5.94. The number of carbonyl (C=O) groups is 1. The lowest BCUT2D eigenvalue weighted by atomic mass is 10.1. The van der Waals surface area contributed by atoms with E-state index in [0.717, 1.165) is 37.1 Å². The third-order valence-electron chi connectivity index (χ3n) is 6.45. The van der Waals surface area contributed by atoms with Crippen molar-refractivity contribution in [2.75, 3.05) is 33.8 Å². The Morgan fingerprint density at radius 2 is 1.39 bits per heavy atom. The molecule has 0 aliphatic carbocycles. The summed E-state index contributed by atoms with van der Waals surface area (Å²) in [6.07, 6.45) is 5.87. The van der Waals surface area contributed by atoms with Gasteiger partial charge in [-0.2, -0.15) is 0 Å². The van der Waals surface area contributed by atoms with Crippen LogP contribution in [0.15, 0.2) is 88.5 Å². The molecule has 0 radical (unpaired) electrons. The van der Waals surface area contributed by atoms with Gasteiger partial charge in [0.1, 0.15) is 16.4 Å². The zero-order valence-corrected chi connectivity index (χ0v) is 23.5. The first-order valence-electron chi connectivity index (χ1n) is 13.7. The van der Waals surface area contributed by atoms with Gasteiger partial charge in [0.15, 0.2) is 0 Å². The van der Waals surface area contributed by atoms with Crippen molar-refractivity contribution in [2.45, 2.75) is 19.3 Å². The lowest BCUT2D eigenvalue weighted by Gasteiger charge is -2.10. The number of hydrogen-bond donors (Lipinski definition) is 3. The van der Waals surface area contributed by atoms with E-state index >= 15 is 0 Å². The smallest absolute Gasteiger partial charge is 0.272 e. The second-order valence-electron chi connectivity index (χ2n) is 10.1. The van der Waals surface area contributed by atoms with Crippen LogP contribution in [0.3, 0.4) is 0 Å². The van der Waals surface area contributed by atoms with E-state index in [2.05, 4.69) is 32.3 Å². The quantitative estimate of drug-likeness (QED) is 0.234. The van der Waals surface area contributed by atoms with Crippen molar-refractivity contribution in [1.29, 1.82) is 0 Å². The Labute approximate surface area is 239 Å². The Hall–Kier alpha value is -4.69. The average molecular weight is 553 g/mol. The van der Waals surface area contributed by atoms with E-state index in [9.17, 15) is 14.4 Å². The number of aromatic nitrogens is 2. The largest absolute Gasteiger partial charge is 0.494 e. The fourth-order valence-electron chi connectivity index (χ4n) is 4.23. The van der Waals surface area contributed by atoms with Crippen LogP contribution in [0.4, 0.5) is 0 Å². The molecule has 0 saturated carbocycles. The number of ether oxygens (including phenoxy) is 1. The molecule has 3 N–H and O–H groups in total. The number of hydrogen-bond acceptors (Lipinski definition) is 5. The van der Waals surface area contributed by atoms with E-state index in [-0.39, 0.29) is 16.6 Å². The molecule has 4 rings (SSSR count). The maximum atomic E-state index is 12.7. The molecule has 0 spiro atoms. The van der Waals surface area contributed by atoms with Crippen LogP contribution in [-0.2, 0) is 6.42 Å². The SMILES string of the molecule is CN(C)CCCOc1ccc(/C=c2\[nH]c(=O)/c(=C/c3ccc(C(=O)NCCCc4ccccc4)cc3)[nH]c2=O)cc1. The molecule has 8 nitrogen and oxygen atoms in total. The Morgan fingerprint density at radius 1 is 0.805 bits per heavy atom. The topological polar surface area (TPSA) is 107 Å². The fourth-order valence-corrected chi connectivity index (χ4v) is 4.23. The summed E-state index contributed by atoms with van der Waals surface area (Å²) in [6.45, 7) is 2.15. The second kappa shape index (κ2) is 14.6. The minimum Gasteiger partial charge on any atom is -0.494 e. The molecular formula is C33H36N4O4. The van der Waals surface area contributed by atoms with Gasteiger partial charge in [-0.15, -0.1) is 0 Å². The van der Waals surface area contributed by atoms with Crippen molar-refractivity contribution in [3.63, 3.8) is 0 Å². The minimum atomic E-state index is -0.420. The molecule has 41 heavy (non-hydrogen) atoms. The van der Waals surface area contributed by atoms with E-state index in [1.165, 1.54) is 5.56 Å². The van der Waals surface area contributed by atoms with Crippen molar-refractivity contribution in [3.8, 4) is 5.75 Å². The predicted molar refractivity (Wildman–Crippen MR) is 163 cm³/mol. The molecule has 1 amide bonds. The summed E-state index contributed by atoms with van der Waals surface area (Å²) in [5, 5.41) is 3.23. The van der Waals surface area contributed by atoms with Crippen molar-refractivity contribution in [3.05, 3.63) is 133 Å². The highest BCUT2D eigenvalue weighted by Gasteiger charge is 2.05. The third-order valence-corrected chi connectivity index (χ3v) is 6.45. The van der Waals surface area contributed by atoms with Crippen molar-refractivity contribution in [2.24, 2.45) is 0 Å². The summed E-state index contributed by atoms with van der Waals surface area (Å²) in [7, 11) is 4.05. The van der Waals surface area contributed by atoms with Gasteiger partial charge in [0.2, 0.25) is 0 Å². The van der Waals surface area contributed by atoms with Gasteiger partial charge in [-0.25, -0.2) is 0 Å². The van der Waals surface area contributed by atoms with E-state index in [1.807, 2.05) is 56.6 Å². The van der Waals surface area contributed by atoms with Crippen LogP contribution in [0.1, 0.15) is 39.9 Å². The number of carbonyl (C=O) groups excluding carboxylic acids is 1. The monoisotopic (exact) mass is 552 g/mol. The Bertz CT molecular complexity index is 1660. The number of nitrogens with zero attached hydrogens (tertiary/aromatic N) is 1. The van der Waals surface area contributed by atoms with Crippen molar-refractivity contribution in [1.82, 2.24) is 20.2 Å². The number of benzene rings is 3. The van der Waals surface area contributed by atoms with Crippen molar-refractivity contribution < 1.29 is 9.53 Å². The summed E-state index contributed by atoms with van der Waals surface area (Å²) >= 11 is 0. The summed E-state index contributed by atoms with van der Waals surface area (Å²) < 4.78 is 5.74. The second-order valence-corrected chi connectivity index (χ2v) is 10.1. The number of aromatic amines is 2. The van der Waals surface area contributed by atoms with Crippen LogP contribution in [0.2, 0.25) is 0 Å². The van der Waals surface area contributed by atoms with Crippen molar-refractivity contribution >= 4 is 18.1 Å². The Morgan fingerprint density at radius 3 is 1.98 bits per heavy atom. The summed E-state index contributed by atoms with van der Waals surface area (Å²) in [5.41, 5.74) is 2.39. The maximum absolute atomic E-state index is 12.7. The zero-order valence-electron chi connectivity index (χ0n) is 23.5. The van der Waals surface area contributed by atoms with Crippen LogP contribution in [0.25, 0.3) is 12.2 Å². The summed E-state index contributed by atoms with van der Waals surface area (Å²) in [4.78, 5) is 45.3. The van der Waals surface area contributed by atoms with Crippen LogP contribution in [0.5, 0.6) is 5.75 Å². The molecule has 0 bridgehead atoms. The van der Waals surface area contributed by atoms with Gasteiger partial charge < -0.3 is 24.9 Å². The molecule has 0 unspecified atom stereocenters. The third kappa shape index (κ3) is 9.19. The molecular weight excluding hydrogens is 516 g/mol. The molecule has 1 heterocycles. The summed E-state index contributed by atoms with van der Waals surface area (Å²) in [6, 6.07) is 24.4. The minimum absolute atomic E-state index is 0.131. The van der Waals surface area contributed by atoms with Crippen LogP contribution < -0.4 is 31.9 Å². The molecule has 0 aliphatic heterocycles. The highest BCUT2D eigenvalue weighted by Crippen LogP contribution is 2.12. The standard InChI is InChI=1S/C33H36N4O4/c1-37(2)20-7-21-41-28-17-13-26(14-18-28)23-30-33(40)35-29(32(39)36-30)22-25-11-15-27(16-12-25)31(38)34-19-6-10-24-8-4-3-5-9-24/h3-5,8-9,11-18,22-23H,6-7,10,19-21H2,1-2H3,(H,34,38)(H,35,40)(H,36,39)/b29-22-,30-23-. The number of rotatable bonds is 12. The first-order valence-corrected chi connectivity index (χ1v) is 13.7. The summed E-state index contributed by atoms with van der Waals surface area (Å²) in [5.74, 6) is 0.597. The molecule has 0 atom stereocenters. The van der Waals surface area contributed by atoms with Crippen LogP contribution in [0, 0.1) is 0 Å². The van der Waals surface area contributed by atoms with Crippen LogP contribution >= 0.6 is 0 Å². The van der Waals surface area contributed by atoms with Gasteiger partial charge in [0, 0.05) is 18.7 Å². The van der Waals surface area contributed by atoms with Gasteiger partial charge >= 0.3 is 0 Å². The lowest BCUT2D eigenvalue weighted by molar-refractivity contribution is 0.0953. The first kappa shape index (κ1) is 29.3. The van der Waals surface area contributed by atoms with E-state index in [1.54, 1.807) is 36.4 Å². The van der Waals surface area contributed by atoms with E-state index < -0.39 is 11.1 Å². The van der Waals surface area contributed by atoms with Gasteiger partial charge in [-0.3, -0.25) is 14.4 Å². The fraction of sp³-hybridized carbons (Fsp3) is 0.242. The van der Waals surface area contributed by atoms with Gasteiger partial charge in [-0.1, -0.05) is 54.6 Å². The molecule has 0 fully saturated rings.